The van der Waals surface area contributed by atoms with Gasteiger partial charge in [0, 0.05) is 30.5 Å². The molecule has 0 unspecified atom stereocenters. The molecule has 1 aliphatic heterocycles. The van der Waals surface area contributed by atoms with E-state index in [4.69, 9.17) is 4.74 Å². The molecule has 8 nitrogen and oxygen atoms in total. The van der Waals surface area contributed by atoms with Gasteiger partial charge in [0.05, 0.1) is 12.5 Å². The highest BCUT2D eigenvalue weighted by molar-refractivity contribution is 7.89. The number of carbonyl (C=O) groups is 2. The van der Waals surface area contributed by atoms with Gasteiger partial charge < -0.3 is 15.0 Å². The number of rotatable bonds is 6. The van der Waals surface area contributed by atoms with Crippen molar-refractivity contribution in [2.24, 2.45) is 5.92 Å². The highest BCUT2D eigenvalue weighted by Crippen LogP contribution is 2.31. The van der Waals surface area contributed by atoms with Crippen molar-refractivity contribution in [1.29, 1.82) is 0 Å². The lowest BCUT2D eigenvalue weighted by atomic mass is 9.94. The second kappa shape index (κ2) is 10.8. The zero-order chi connectivity index (χ0) is 23.3. The SMILES string of the molecule is CCOC(=O)c1c(C)[nH]c(C)c1S(=O)(=O)N1CCC[C@@H](C(=O)NC2CCCCCCC2)C1. The molecule has 0 bridgehead atoms. The van der Waals surface area contributed by atoms with Gasteiger partial charge in [-0.2, -0.15) is 4.31 Å². The van der Waals surface area contributed by atoms with Gasteiger partial charge in [0.2, 0.25) is 15.9 Å². The summed E-state index contributed by atoms with van der Waals surface area (Å²) in [5.74, 6) is -1.08. The van der Waals surface area contributed by atoms with E-state index >= 15 is 0 Å². The van der Waals surface area contributed by atoms with Crippen LogP contribution in [-0.4, -0.2) is 55.3 Å². The molecule has 1 saturated heterocycles. The predicted octanol–water partition coefficient (Wildman–Crippen LogP) is 3.44. The zero-order valence-electron chi connectivity index (χ0n) is 19.5. The summed E-state index contributed by atoms with van der Waals surface area (Å²) in [4.78, 5) is 28.4. The topological polar surface area (TPSA) is 109 Å². The van der Waals surface area contributed by atoms with E-state index < -0.39 is 16.0 Å². The highest BCUT2D eigenvalue weighted by Gasteiger charge is 2.38. The molecule has 2 fully saturated rings. The third kappa shape index (κ3) is 5.54. The molecule has 1 atom stereocenters. The number of sulfonamides is 1. The van der Waals surface area contributed by atoms with Crippen LogP contribution in [-0.2, 0) is 19.6 Å². The lowest BCUT2D eigenvalue weighted by Crippen LogP contribution is -2.47. The van der Waals surface area contributed by atoms with Crippen molar-refractivity contribution in [3.63, 3.8) is 0 Å². The predicted molar refractivity (Wildman–Crippen MR) is 122 cm³/mol. The molecule has 180 valence electrons. The number of nitrogens with one attached hydrogen (secondary N) is 2. The third-order valence-electron chi connectivity index (χ3n) is 6.60. The fourth-order valence-electron chi connectivity index (χ4n) is 4.95. The minimum atomic E-state index is -3.95. The van der Waals surface area contributed by atoms with Crippen molar-refractivity contribution < 1.29 is 22.7 Å². The molecule has 2 N–H and O–H groups in total. The number of hydrogen-bond acceptors (Lipinski definition) is 5. The van der Waals surface area contributed by atoms with E-state index in [1.807, 2.05) is 0 Å². The maximum absolute atomic E-state index is 13.6. The van der Waals surface area contributed by atoms with Crippen molar-refractivity contribution >= 4 is 21.9 Å². The Labute approximate surface area is 191 Å². The number of piperidine rings is 1. The molecule has 32 heavy (non-hydrogen) atoms. The van der Waals surface area contributed by atoms with E-state index in [2.05, 4.69) is 10.3 Å². The van der Waals surface area contributed by atoms with Crippen molar-refractivity contribution in [3.05, 3.63) is 17.0 Å². The first-order valence-electron chi connectivity index (χ1n) is 11.9. The van der Waals surface area contributed by atoms with Crippen LogP contribution in [0.3, 0.4) is 0 Å². The van der Waals surface area contributed by atoms with Gasteiger partial charge in [0.15, 0.2) is 0 Å². The molecule has 1 saturated carbocycles. The van der Waals surface area contributed by atoms with E-state index in [9.17, 15) is 18.0 Å². The molecule has 0 radical (unpaired) electrons. The summed E-state index contributed by atoms with van der Waals surface area (Å²) in [6.07, 6.45) is 9.19. The summed E-state index contributed by atoms with van der Waals surface area (Å²) in [5.41, 5.74) is 0.937. The van der Waals surface area contributed by atoms with Crippen LogP contribution in [0.4, 0.5) is 0 Å². The van der Waals surface area contributed by atoms with E-state index in [-0.39, 0.29) is 41.5 Å². The van der Waals surface area contributed by atoms with Gasteiger partial charge >= 0.3 is 5.97 Å². The van der Waals surface area contributed by atoms with Gasteiger partial charge in [-0.3, -0.25) is 4.79 Å². The summed E-state index contributed by atoms with van der Waals surface area (Å²) < 4.78 is 33.6. The van der Waals surface area contributed by atoms with Crippen LogP contribution in [0, 0.1) is 19.8 Å². The summed E-state index contributed by atoms with van der Waals surface area (Å²) in [6.45, 7) is 5.62. The Bertz CT molecular complexity index is 916. The molecule has 1 amide bonds. The third-order valence-corrected chi connectivity index (χ3v) is 8.64. The van der Waals surface area contributed by atoms with Gasteiger partial charge in [-0.15, -0.1) is 0 Å². The molecule has 0 aromatic carbocycles. The van der Waals surface area contributed by atoms with Crippen molar-refractivity contribution in [2.45, 2.75) is 89.5 Å². The maximum atomic E-state index is 13.6. The van der Waals surface area contributed by atoms with E-state index in [1.165, 1.54) is 23.6 Å². The molecule has 2 aliphatic rings. The maximum Gasteiger partial charge on any atom is 0.341 e. The number of aromatic nitrogens is 1. The number of carbonyl (C=O) groups excluding carboxylic acids is 2. The Morgan fingerprint density at radius 3 is 2.34 bits per heavy atom. The summed E-state index contributed by atoms with van der Waals surface area (Å²) in [6, 6.07) is 0.180. The second-order valence-electron chi connectivity index (χ2n) is 9.05. The van der Waals surface area contributed by atoms with Crippen LogP contribution in [0.15, 0.2) is 4.90 Å². The average molecular weight is 468 g/mol. The fourth-order valence-corrected chi connectivity index (χ4v) is 6.89. The van der Waals surface area contributed by atoms with Crippen molar-refractivity contribution in [2.75, 3.05) is 19.7 Å². The van der Waals surface area contributed by atoms with Gasteiger partial charge in [-0.05, 0) is 46.5 Å². The molecule has 9 heteroatoms. The van der Waals surface area contributed by atoms with E-state index in [0.29, 0.717) is 30.8 Å². The van der Waals surface area contributed by atoms with Gasteiger partial charge in [0.1, 0.15) is 10.5 Å². The molecule has 3 rings (SSSR count). The van der Waals surface area contributed by atoms with E-state index in [1.54, 1.807) is 20.8 Å². The van der Waals surface area contributed by atoms with E-state index in [0.717, 1.165) is 25.7 Å². The number of esters is 1. The Hall–Kier alpha value is -1.87. The van der Waals surface area contributed by atoms with Crippen molar-refractivity contribution in [3.8, 4) is 0 Å². The smallest absolute Gasteiger partial charge is 0.341 e. The molecule has 0 spiro atoms. The minimum absolute atomic E-state index is 0.0328. The number of nitrogens with zero attached hydrogens (tertiary/aromatic N) is 1. The Morgan fingerprint density at radius 1 is 1.03 bits per heavy atom. The molecule has 1 aromatic rings. The van der Waals surface area contributed by atoms with Crippen LogP contribution in [0.2, 0.25) is 0 Å². The number of H-pyrrole nitrogens is 1. The lowest BCUT2D eigenvalue weighted by molar-refractivity contribution is -0.126. The fraction of sp³-hybridized carbons (Fsp3) is 0.739. The molecule has 1 aromatic heterocycles. The number of aryl methyl sites for hydroxylation is 2. The monoisotopic (exact) mass is 467 g/mol. The largest absolute Gasteiger partial charge is 0.462 e. The molecular weight excluding hydrogens is 430 g/mol. The standard InChI is InChI=1S/C23H37N3O5S/c1-4-31-23(28)20-16(2)24-17(3)21(20)32(29,30)26-14-10-11-18(15-26)22(27)25-19-12-8-6-5-7-9-13-19/h18-19,24H,4-15H2,1-3H3,(H,25,27)/t18-/m1/s1. The van der Waals surface area contributed by atoms with Gasteiger partial charge in [0.25, 0.3) is 0 Å². The van der Waals surface area contributed by atoms with Crippen LogP contribution in [0.1, 0.15) is 86.5 Å². The molecule has 2 heterocycles. The first-order chi connectivity index (χ1) is 15.3. The summed E-state index contributed by atoms with van der Waals surface area (Å²) >= 11 is 0. The summed E-state index contributed by atoms with van der Waals surface area (Å²) in [5, 5.41) is 3.19. The Balaban J connectivity index is 1.76. The number of hydrogen-bond donors (Lipinski definition) is 2. The van der Waals surface area contributed by atoms with Crippen LogP contribution < -0.4 is 5.32 Å². The Kier molecular flexibility index (Phi) is 8.38. The first-order valence-corrected chi connectivity index (χ1v) is 13.4. The van der Waals surface area contributed by atoms with Crippen LogP contribution in [0.25, 0.3) is 0 Å². The second-order valence-corrected chi connectivity index (χ2v) is 10.9. The quantitative estimate of drug-likeness (QED) is 0.623. The van der Waals surface area contributed by atoms with Gasteiger partial charge in [-0.1, -0.05) is 32.1 Å². The normalized spacial score (nSPS) is 21.5. The zero-order valence-corrected chi connectivity index (χ0v) is 20.4. The molecule has 1 aliphatic carbocycles. The first kappa shape index (κ1) is 24.8. The minimum Gasteiger partial charge on any atom is -0.462 e. The summed E-state index contributed by atoms with van der Waals surface area (Å²) in [7, 11) is -3.95. The highest BCUT2D eigenvalue weighted by atomic mass is 32.2. The van der Waals surface area contributed by atoms with Crippen LogP contribution in [0.5, 0.6) is 0 Å². The van der Waals surface area contributed by atoms with Crippen molar-refractivity contribution in [1.82, 2.24) is 14.6 Å². The van der Waals surface area contributed by atoms with Gasteiger partial charge in [-0.25, -0.2) is 13.2 Å². The average Bonchev–Trinajstić information content (AvgIpc) is 3.04. The number of aromatic amines is 1. The van der Waals surface area contributed by atoms with Crippen LogP contribution >= 0.6 is 0 Å². The molecular formula is C23H37N3O5S. The number of amides is 1. The number of ether oxygens (including phenoxy) is 1. The Morgan fingerprint density at radius 2 is 1.69 bits per heavy atom. The lowest BCUT2D eigenvalue weighted by Gasteiger charge is -2.32.